The third kappa shape index (κ3) is 2.88. The number of aliphatic hydroxyl groups excluding tert-OH is 2. The Morgan fingerprint density at radius 2 is 2.25 bits per heavy atom. The summed E-state index contributed by atoms with van der Waals surface area (Å²) in [6, 6.07) is 1.09. The largest absolute Gasteiger partial charge is 0.389 e. The summed E-state index contributed by atoms with van der Waals surface area (Å²) in [5.74, 6) is 0. The summed E-state index contributed by atoms with van der Waals surface area (Å²) in [5.41, 5.74) is -0.261. The molecule has 2 unspecified atom stereocenters. The van der Waals surface area contributed by atoms with Gasteiger partial charge in [-0.3, -0.25) is 10.1 Å². The van der Waals surface area contributed by atoms with E-state index in [0.717, 1.165) is 6.07 Å². The Hall–Kier alpha value is -0.760. The van der Waals surface area contributed by atoms with E-state index in [1.165, 1.54) is 6.20 Å². The molecule has 0 bridgehead atoms. The van der Waals surface area contributed by atoms with Gasteiger partial charge in [-0.1, -0.05) is 27.5 Å². The van der Waals surface area contributed by atoms with Crippen LogP contribution in [0.2, 0.25) is 5.15 Å². The highest BCUT2D eigenvalue weighted by atomic mass is 79.9. The molecule has 2 N–H and O–H groups in total. The first-order valence-electron chi connectivity index (χ1n) is 4.19. The number of aliphatic hydroxyl groups is 2. The minimum Gasteiger partial charge on any atom is -0.389 e. The van der Waals surface area contributed by atoms with Gasteiger partial charge in [-0.2, -0.15) is 0 Å². The molecule has 0 aliphatic heterocycles. The first-order valence-corrected chi connectivity index (χ1v) is 5.69. The Balaban J connectivity index is 3.07. The third-order valence-corrected chi connectivity index (χ3v) is 2.86. The monoisotopic (exact) mass is 310 g/mol. The lowest BCUT2D eigenvalue weighted by atomic mass is 10.1. The van der Waals surface area contributed by atoms with E-state index in [1.54, 1.807) is 0 Å². The Morgan fingerprint density at radius 1 is 1.62 bits per heavy atom. The van der Waals surface area contributed by atoms with Crippen molar-refractivity contribution >= 4 is 33.2 Å². The summed E-state index contributed by atoms with van der Waals surface area (Å²) in [7, 11) is 0. The van der Waals surface area contributed by atoms with Crippen molar-refractivity contribution in [3.8, 4) is 0 Å². The molecule has 1 rings (SSSR count). The maximum absolute atomic E-state index is 10.6. The van der Waals surface area contributed by atoms with Gasteiger partial charge in [0.2, 0.25) is 5.15 Å². The number of aromatic nitrogens is 1. The minimum absolute atomic E-state index is 0.142. The summed E-state index contributed by atoms with van der Waals surface area (Å²) in [4.78, 5) is 13.4. The molecule has 0 aromatic carbocycles. The molecule has 2 atom stereocenters. The van der Waals surface area contributed by atoms with Crippen molar-refractivity contribution in [1.82, 2.24) is 4.98 Å². The highest BCUT2D eigenvalue weighted by molar-refractivity contribution is 9.09. The number of halogens is 2. The number of rotatable bonds is 4. The van der Waals surface area contributed by atoms with Crippen molar-refractivity contribution in [1.29, 1.82) is 0 Å². The van der Waals surface area contributed by atoms with Gasteiger partial charge in [-0.15, -0.1) is 0 Å². The fourth-order valence-electron chi connectivity index (χ4n) is 1.05. The molecule has 0 amide bonds. The quantitative estimate of drug-likeness (QED) is 0.379. The lowest BCUT2D eigenvalue weighted by Gasteiger charge is -2.15. The lowest BCUT2D eigenvalue weighted by molar-refractivity contribution is -0.385. The normalized spacial score (nSPS) is 14.5. The molecule has 0 fully saturated rings. The van der Waals surface area contributed by atoms with Crippen LogP contribution >= 0.6 is 27.5 Å². The van der Waals surface area contributed by atoms with Crippen LogP contribution in [-0.2, 0) is 0 Å². The molecule has 0 radical (unpaired) electrons. The average Bonchev–Trinajstić information content (AvgIpc) is 2.27. The SMILES string of the molecule is O=[N+]([O-])c1cc(C(O)C(O)CBr)cnc1Cl. The maximum Gasteiger partial charge on any atom is 0.306 e. The molecule has 0 saturated heterocycles. The highest BCUT2D eigenvalue weighted by Crippen LogP contribution is 2.26. The second-order valence-electron chi connectivity index (χ2n) is 3.00. The molecule has 6 nitrogen and oxygen atoms in total. The van der Waals surface area contributed by atoms with E-state index in [2.05, 4.69) is 20.9 Å². The zero-order valence-electron chi connectivity index (χ0n) is 7.88. The molecule has 0 aliphatic rings. The number of pyridine rings is 1. The van der Waals surface area contributed by atoms with Crippen LogP contribution in [0.1, 0.15) is 11.7 Å². The molecule has 0 saturated carbocycles. The topological polar surface area (TPSA) is 96.5 Å². The Morgan fingerprint density at radius 3 is 2.75 bits per heavy atom. The Bertz CT molecular complexity index is 404. The van der Waals surface area contributed by atoms with Gasteiger partial charge in [0.15, 0.2) is 0 Å². The molecule has 16 heavy (non-hydrogen) atoms. The standard InChI is InChI=1S/C8H8BrClN2O4/c9-2-6(13)7(14)4-1-5(12(15)16)8(10)11-3-4/h1,3,6-7,13-14H,2H2. The van der Waals surface area contributed by atoms with Gasteiger partial charge in [0.05, 0.1) is 11.0 Å². The van der Waals surface area contributed by atoms with Crippen molar-refractivity contribution < 1.29 is 15.1 Å². The second-order valence-corrected chi connectivity index (χ2v) is 4.01. The zero-order valence-corrected chi connectivity index (χ0v) is 10.2. The molecule has 1 heterocycles. The fourth-order valence-corrected chi connectivity index (χ4v) is 1.57. The van der Waals surface area contributed by atoms with Crippen molar-refractivity contribution in [3.05, 3.63) is 33.1 Å². The summed E-state index contributed by atoms with van der Waals surface area (Å²) in [5, 5.41) is 29.4. The van der Waals surface area contributed by atoms with E-state index in [4.69, 9.17) is 11.6 Å². The first-order chi connectivity index (χ1) is 7.47. The van der Waals surface area contributed by atoms with Gasteiger partial charge in [0, 0.05) is 23.2 Å². The number of nitro groups is 1. The zero-order chi connectivity index (χ0) is 12.3. The van der Waals surface area contributed by atoms with Gasteiger partial charge < -0.3 is 10.2 Å². The predicted octanol–water partition coefficient (Wildman–Crippen LogP) is 1.43. The van der Waals surface area contributed by atoms with Gasteiger partial charge in [0.1, 0.15) is 6.10 Å². The van der Waals surface area contributed by atoms with Crippen LogP contribution < -0.4 is 0 Å². The van der Waals surface area contributed by atoms with E-state index in [-0.39, 0.29) is 16.0 Å². The van der Waals surface area contributed by atoms with Crippen LogP contribution in [-0.4, -0.2) is 31.6 Å². The van der Waals surface area contributed by atoms with E-state index in [9.17, 15) is 20.3 Å². The third-order valence-electron chi connectivity index (χ3n) is 1.90. The van der Waals surface area contributed by atoms with Gasteiger partial charge in [-0.05, 0) is 0 Å². The summed E-state index contributed by atoms with van der Waals surface area (Å²) in [6.45, 7) is 0. The number of nitrogens with zero attached hydrogens (tertiary/aromatic N) is 2. The molecule has 8 heteroatoms. The molecule has 0 aliphatic carbocycles. The Labute approximate surface area is 104 Å². The first kappa shape index (κ1) is 13.3. The molecule has 0 spiro atoms. The van der Waals surface area contributed by atoms with Gasteiger partial charge in [0.25, 0.3) is 0 Å². The van der Waals surface area contributed by atoms with Crippen molar-refractivity contribution in [3.63, 3.8) is 0 Å². The molecule has 1 aromatic rings. The van der Waals surface area contributed by atoms with E-state index < -0.39 is 22.8 Å². The second kappa shape index (κ2) is 5.53. The van der Waals surface area contributed by atoms with E-state index in [1.807, 2.05) is 0 Å². The van der Waals surface area contributed by atoms with Crippen molar-refractivity contribution in [2.24, 2.45) is 0 Å². The highest BCUT2D eigenvalue weighted by Gasteiger charge is 2.22. The van der Waals surface area contributed by atoms with Crippen LogP contribution in [0.25, 0.3) is 0 Å². The fraction of sp³-hybridized carbons (Fsp3) is 0.375. The number of alkyl halides is 1. The number of hydrogen-bond donors (Lipinski definition) is 2. The molecule has 88 valence electrons. The average molecular weight is 312 g/mol. The number of hydrogen-bond acceptors (Lipinski definition) is 5. The van der Waals surface area contributed by atoms with Crippen molar-refractivity contribution in [2.75, 3.05) is 5.33 Å². The summed E-state index contributed by atoms with van der Waals surface area (Å²) < 4.78 is 0. The van der Waals surface area contributed by atoms with Crippen LogP contribution in [0.4, 0.5) is 5.69 Å². The summed E-state index contributed by atoms with van der Waals surface area (Å²) in [6.07, 6.45) is -1.13. The van der Waals surface area contributed by atoms with Gasteiger partial charge >= 0.3 is 5.69 Å². The van der Waals surface area contributed by atoms with Crippen LogP contribution in [0.15, 0.2) is 12.3 Å². The van der Waals surface area contributed by atoms with Gasteiger partial charge in [-0.25, -0.2) is 4.98 Å². The van der Waals surface area contributed by atoms with Crippen LogP contribution in [0.5, 0.6) is 0 Å². The van der Waals surface area contributed by atoms with Crippen LogP contribution in [0, 0.1) is 10.1 Å². The smallest absolute Gasteiger partial charge is 0.306 e. The van der Waals surface area contributed by atoms with Crippen LogP contribution in [0.3, 0.4) is 0 Å². The Kier molecular flexibility index (Phi) is 4.60. The molecule has 1 aromatic heterocycles. The predicted molar refractivity (Wildman–Crippen MR) is 60.7 cm³/mol. The van der Waals surface area contributed by atoms with E-state index in [0.29, 0.717) is 0 Å². The lowest BCUT2D eigenvalue weighted by Crippen LogP contribution is -2.19. The molecular formula is C8H8BrClN2O4. The minimum atomic E-state index is -1.25. The summed E-state index contributed by atoms with van der Waals surface area (Å²) >= 11 is 8.49. The van der Waals surface area contributed by atoms with Crippen molar-refractivity contribution in [2.45, 2.75) is 12.2 Å². The molecular weight excluding hydrogens is 303 g/mol. The maximum atomic E-state index is 10.6. The van der Waals surface area contributed by atoms with E-state index >= 15 is 0 Å².